The van der Waals surface area contributed by atoms with E-state index >= 15 is 0 Å². The van der Waals surface area contributed by atoms with Crippen molar-refractivity contribution >= 4 is 27.5 Å². The summed E-state index contributed by atoms with van der Waals surface area (Å²) in [7, 11) is 0. The minimum atomic E-state index is -0.519. The minimum Gasteiger partial charge on any atom is -0.350 e. The molecule has 2 aromatic carbocycles. The Morgan fingerprint density at radius 3 is 2.57 bits per heavy atom. The van der Waals surface area contributed by atoms with Crippen LogP contribution >= 0.6 is 11.3 Å². The highest BCUT2D eigenvalue weighted by molar-refractivity contribution is 7.17. The monoisotopic (exact) mass is 419 g/mol. The molecule has 4 aromatic rings. The van der Waals surface area contributed by atoms with Crippen molar-refractivity contribution in [2.45, 2.75) is 26.9 Å². The molecule has 2 heterocycles. The van der Waals surface area contributed by atoms with Crippen LogP contribution in [0.25, 0.3) is 15.9 Å². The highest BCUT2D eigenvalue weighted by atomic mass is 32.1. The zero-order valence-electron chi connectivity index (χ0n) is 16.7. The minimum absolute atomic E-state index is 0.163. The summed E-state index contributed by atoms with van der Waals surface area (Å²) >= 11 is 1.27. The van der Waals surface area contributed by atoms with Gasteiger partial charge in [-0.05, 0) is 48.1 Å². The number of fused-ring (bicyclic) bond motifs is 1. The molecule has 2 aromatic heterocycles. The summed E-state index contributed by atoms with van der Waals surface area (Å²) in [4.78, 5) is 39.0. The quantitative estimate of drug-likeness (QED) is 0.540. The Bertz CT molecular complexity index is 1350. The van der Waals surface area contributed by atoms with Crippen LogP contribution in [0.2, 0.25) is 0 Å². The number of aryl methyl sites for hydroxylation is 2. The molecule has 6 nitrogen and oxygen atoms in total. The molecule has 0 atom stereocenters. The molecule has 0 aliphatic rings. The Balaban J connectivity index is 1.76. The lowest BCUT2D eigenvalue weighted by atomic mass is 10.1. The van der Waals surface area contributed by atoms with E-state index in [4.69, 9.17) is 0 Å². The number of nitrogens with zero attached hydrogens (tertiary/aromatic N) is 2. The van der Waals surface area contributed by atoms with Crippen molar-refractivity contribution in [1.82, 2.24) is 14.5 Å². The summed E-state index contributed by atoms with van der Waals surface area (Å²) in [6.07, 6.45) is 0. The zero-order chi connectivity index (χ0) is 21.3. The van der Waals surface area contributed by atoms with E-state index in [1.807, 2.05) is 62.4 Å². The van der Waals surface area contributed by atoms with Gasteiger partial charge < -0.3 is 5.32 Å². The van der Waals surface area contributed by atoms with E-state index in [-0.39, 0.29) is 18.0 Å². The van der Waals surface area contributed by atoms with Crippen LogP contribution in [0.4, 0.5) is 0 Å². The molecule has 4 rings (SSSR count). The first-order chi connectivity index (χ1) is 14.5. The van der Waals surface area contributed by atoms with Crippen LogP contribution in [-0.4, -0.2) is 15.0 Å². The molecule has 0 aliphatic carbocycles. The molecule has 0 bridgehead atoms. The number of carbonyl (C=O) groups excluding carboxylic acids is 1. The molecule has 30 heavy (non-hydrogen) atoms. The molecule has 0 fully saturated rings. The number of carbonyl (C=O) groups is 1. The van der Waals surface area contributed by atoms with Crippen LogP contribution in [-0.2, 0) is 17.9 Å². The lowest BCUT2D eigenvalue weighted by Crippen LogP contribution is -2.41. The van der Waals surface area contributed by atoms with Crippen molar-refractivity contribution in [3.05, 3.63) is 97.5 Å². The highest BCUT2D eigenvalue weighted by Crippen LogP contribution is 2.18. The van der Waals surface area contributed by atoms with Gasteiger partial charge in [0.25, 0.3) is 5.56 Å². The van der Waals surface area contributed by atoms with Gasteiger partial charge >= 0.3 is 5.69 Å². The van der Waals surface area contributed by atoms with E-state index in [9.17, 15) is 14.4 Å². The van der Waals surface area contributed by atoms with Gasteiger partial charge in [-0.3, -0.25) is 14.2 Å². The Morgan fingerprint density at radius 1 is 1.03 bits per heavy atom. The second-order valence-corrected chi connectivity index (χ2v) is 8.11. The first kappa shape index (κ1) is 19.8. The molecular weight excluding hydrogens is 398 g/mol. The van der Waals surface area contributed by atoms with E-state index in [1.54, 1.807) is 11.4 Å². The van der Waals surface area contributed by atoms with Crippen molar-refractivity contribution < 1.29 is 4.79 Å². The fraction of sp³-hybridized carbons (Fsp3) is 0.174. The van der Waals surface area contributed by atoms with Crippen molar-refractivity contribution in [3.63, 3.8) is 0 Å². The molecule has 1 amide bonds. The SMILES string of the molecule is Cc1ccc(C)c(-n2c(=O)c3sccc3n(CC(=O)NCc3ccccc3)c2=O)c1. The summed E-state index contributed by atoms with van der Waals surface area (Å²) in [6, 6.07) is 16.9. The molecule has 0 unspecified atom stereocenters. The van der Waals surface area contributed by atoms with E-state index < -0.39 is 5.69 Å². The Labute approximate surface area is 177 Å². The van der Waals surface area contributed by atoms with Crippen LogP contribution in [0.5, 0.6) is 0 Å². The van der Waals surface area contributed by atoms with Crippen LogP contribution in [0.3, 0.4) is 0 Å². The molecule has 0 saturated heterocycles. The van der Waals surface area contributed by atoms with Gasteiger partial charge in [0.1, 0.15) is 11.2 Å². The first-order valence-electron chi connectivity index (χ1n) is 9.57. The van der Waals surface area contributed by atoms with Crippen LogP contribution < -0.4 is 16.6 Å². The Morgan fingerprint density at radius 2 is 1.80 bits per heavy atom. The number of hydrogen-bond donors (Lipinski definition) is 1. The van der Waals surface area contributed by atoms with Crippen LogP contribution in [0.1, 0.15) is 16.7 Å². The molecular formula is C23H21N3O3S. The summed E-state index contributed by atoms with van der Waals surface area (Å²) in [5.41, 5.74) is 2.87. The van der Waals surface area contributed by atoms with Gasteiger partial charge in [0.05, 0.1) is 11.2 Å². The predicted octanol–water partition coefficient (Wildman–Crippen LogP) is 3.15. The van der Waals surface area contributed by atoms with Gasteiger partial charge in [0, 0.05) is 6.54 Å². The van der Waals surface area contributed by atoms with Gasteiger partial charge in [-0.2, -0.15) is 0 Å². The van der Waals surface area contributed by atoms with Gasteiger partial charge in [-0.25, -0.2) is 9.36 Å². The summed E-state index contributed by atoms with van der Waals surface area (Å²) in [6.45, 7) is 3.98. The number of amides is 1. The van der Waals surface area contributed by atoms with Gasteiger partial charge in [0.2, 0.25) is 5.91 Å². The van der Waals surface area contributed by atoms with Crippen LogP contribution in [0, 0.1) is 13.8 Å². The number of thiophene rings is 1. The Hall–Kier alpha value is -3.45. The van der Waals surface area contributed by atoms with E-state index in [0.29, 0.717) is 22.4 Å². The summed E-state index contributed by atoms with van der Waals surface area (Å²) in [5.74, 6) is -0.292. The van der Waals surface area contributed by atoms with E-state index in [2.05, 4.69) is 5.32 Å². The number of hydrogen-bond acceptors (Lipinski definition) is 4. The van der Waals surface area contributed by atoms with Gasteiger partial charge in [0.15, 0.2) is 0 Å². The smallest absolute Gasteiger partial charge is 0.336 e. The summed E-state index contributed by atoms with van der Waals surface area (Å²) in [5, 5.41) is 4.60. The van der Waals surface area contributed by atoms with Crippen LogP contribution in [0.15, 0.2) is 69.6 Å². The maximum atomic E-state index is 13.3. The molecule has 0 spiro atoms. The predicted molar refractivity (Wildman–Crippen MR) is 119 cm³/mol. The second-order valence-electron chi connectivity index (χ2n) is 7.20. The number of benzene rings is 2. The standard InChI is InChI=1S/C23H21N3O3S/c1-15-8-9-16(2)19(12-15)26-22(28)21-18(10-11-30-21)25(23(26)29)14-20(27)24-13-17-6-4-3-5-7-17/h3-12H,13-14H2,1-2H3,(H,24,27). The molecule has 0 radical (unpaired) electrons. The molecule has 7 heteroatoms. The van der Waals surface area contributed by atoms with Crippen molar-refractivity contribution in [1.29, 1.82) is 0 Å². The average molecular weight is 420 g/mol. The highest BCUT2D eigenvalue weighted by Gasteiger charge is 2.18. The largest absolute Gasteiger partial charge is 0.350 e. The van der Waals surface area contributed by atoms with E-state index in [0.717, 1.165) is 16.7 Å². The number of aromatic nitrogens is 2. The zero-order valence-corrected chi connectivity index (χ0v) is 17.5. The maximum absolute atomic E-state index is 13.3. The Kier molecular flexibility index (Phi) is 5.37. The van der Waals surface area contributed by atoms with Crippen molar-refractivity contribution in [2.24, 2.45) is 0 Å². The molecule has 1 N–H and O–H groups in total. The topological polar surface area (TPSA) is 73.1 Å². The van der Waals surface area contributed by atoms with E-state index in [1.165, 1.54) is 20.5 Å². The summed E-state index contributed by atoms with van der Waals surface area (Å²) < 4.78 is 2.99. The first-order valence-corrected chi connectivity index (χ1v) is 10.4. The van der Waals surface area contributed by atoms with Gasteiger partial charge in [-0.1, -0.05) is 42.5 Å². The third-order valence-electron chi connectivity index (χ3n) is 4.99. The average Bonchev–Trinajstić information content (AvgIpc) is 3.23. The molecule has 0 saturated carbocycles. The molecule has 152 valence electrons. The fourth-order valence-corrected chi connectivity index (χ4v) is 4.23. The third-order valence-corrected chi connectivity index (χ3v) is 5.89. The number of nitrogens with one attached hydrogen (secondary N) is 1. The molecule has 0 aliphatic heterocycles. The lowest BCUT2D eigenvalue weighted by Gasteiger charge is -2.14. The normalized spacial score (nSPS) is 11.0. The number of rotatable bonds is 5. The van der Waals surface area contributed by atoms with Crippen molar-refractivity contribution in [3.8, 4) is 5.69 Å². The lowest BCUT2D eigenvalue weighted by molar-refractivity contribution is -0.121. The third kappa shape index (κ3) is 3.71. The fourth-order valence-electron chi connectivity index (χ4n) is 3.41. The second kappa shape index (κ2) is 8.12. The van der Waals surface area contributed by atoms with Gasteiger partial charge in [-0.15, -0.1) is 11.3 Å². The maximum Gasteiger partial charge on any atom is 0.336 e. The van der Waals surface area contributed by atoms with Crippen molar-refractivity contribution in [2.75, 3.05) is 0 Å².